The maximum Gasteiger partial charge on any atom is 0.303 e. The largest absolute Gasteiger partial charge is 0.481 e. The molecule has 0 spiro atoms. The number of aliphatic carboxylic acids is 1. The number of rotatable bonds is 9. The number of nitrogens with zero attached hydrogens (tertiary/aromatic N) is 3. The zero-order chi connectivity index (χ0) is 15.6. The van der Waals surface area contributed by atoms with Crippen LogP contribution in [0.5, 0.6) is 0 Å². The molecule has 6 heteroatoms. The molecule has 0 fully saturated rings. The maximum absolute atomic E-state index is 10.5. The van der Waals surface area contributed by atoms with Gasteiger partial charge in [-0.15, -0.1) is 0 Å². The van der Waals surface area contributed by atoms with E-state index in [-0.39, 0.29) is 6.42 Å². The minimum atomic E-state index is -0.823. The molecule has 1 aromatic carbocycles. The molecule has 0 atom stereocenters. The van der Waals surface area contributed by atoms with Gasteiger partial charge < -0.3 is 14.5 Å². The number of oxime groups is 1. The van der Waals surface area contributed by atoms with E-state index in [2.05, 4.69) is 10.1 Å². The monoisotopic (exact) mass is 301 g/mol. The van der Waals surface area contributed by atoms with Gasteiger partial charge in [0.05, 0.1) is 12.0 Å². The van der Waals surface area contributed by atoms with Gasteiger partial charge in [-0.05, 0) is 12.0 Å². The number of carbonyl (C=O) groups is 1. The molecule has 2 rings (SSSR count). The van der Waals surface area contributed by atoms with Gasteiger partial charge in [-0.25, -0.2) is 4.98 Å². The highest BCUT2D eigenvalue weighted by molar-refractivity contribution is 6.00. The Morgan fingerprint density at radius 3 is 2.77 bits per heavy atom. The fraction of sp³-hybridized carbons (Fsp3) is 0.312. The zero-order valence-electron chi connectivity index (χ0n) is 12.3. The van der Waals surface area contributed by atoms with Gasteiger partial charge in [0.25, 0.3) is 0 Å². The van der Waals surface area contributed by atoms with E-state index in [4.69, 9.17) is 9.94 Å². The molecule has 0 radical (unpaired) electrons. The van der Waals surface area contributed by atoms with Crippen LogP contribution in [0.15, 0.2) is 54.2 Å². The first-order chi connectivity index (χ1) is 10.8. The Hall–Kier alpha value is -2.63. The van der Waals surface area contributed by atoms with Crippen molar-refractivity contribution in [1.29, 1.82) is 0 Å². The fourth-order valence-corrected chi connectivity index (χ4v) is 1.94. The molecule has 2 aromatic rings. The summed E-state index contributed by atoms with van der Waals surface area (Å²) in [6, 6.07) is 9.81. The van der Waals surface area contributed by atoms with E-state index in [1.807, 2.05) is 41.1 Å². The van der Waals surface area contributed by atoms with Gasteiger partial charge in [-0.3, -0.25) is 4.79 Å². The number of carboxylic acid groups (broad SMARTS) is 1. The Morgan fingerprint density at radius 2 is 2.09 bits per heavy atom. The van der Waals surface area contributed by atoms with Gasteiger partial charge in [-0.1, -0.05) is 35.5 Å². The van der Waals surface area contributed by atoms with E-state index < -0.39 is 5.97 Å². The number of benzene rings is 1. The predicted octanol–water partition coefficient (Wildman–Crippen LogP) is 2.56. The number of imidazole rings is 1. The summed E-state index contributed by atoms with van der Waals surface area (Å²) in [6.45, 7) is 1.06. The summed E-state index contributed by atoms with van der Waals surface area (Å²) in [5.74, 6) is -0.823. The molecule has 0 aliphatic heterocycles. The number of aromatic nitrogens is 2. The molecule has 1 heterocycles. The van der Waals surface area contributed by atoms with E-state index in [1.165, 1.54) is 0 Å². The van der Waals surface area contributed by atoms with Crippen LogP contribution in [0.25, 0.3) is 0 Å². The molecule has 0 saturated carbocycles. The minimum Gasteiger partial charge on any atom is -0.481 e. The summed E-state index contributed by atoms with van der Waals surface area (Å²) in [5, 5.41) is 12.8. The Balaban J connectivity index is 1.93. The summed E-state index contributed by atoms with van der Waals surface area (Å²) in [4.78, 5) is 19.7. The molecule has 6 nitrogen and oxygen atoms in total. The summed E-state index contributed by atoms with van der Waals surface area (Å²) in [7, 11) is 0. The van der Waals surface area contributed by atoms with Gasteiger partial charge >= 0.3 is 5.97 Å². The molecule has 0 aliphatic rings. The lowest BCUT2D eigenvalue weighted by Crippen LogP contribution is -2.08. The van der Waals surface area contributed by atoms with Crippen LogP contribution in [0, 0.1) is 0 Å². The van der Waals surface area contributed by atoms with Crippen LogP contribution in [-0.2, 0) is 16.2 Å². The Labute approximate surface area is 129 Å². The van der Waals surface area contributed by atoms with Crippen LogP contribution in [0.1, 0.15) is 24.8 Å². The first-order valence-corrected chi connectivity index (χ1v) is 7.17. The molecule has 116 valence electrons. The standard InChI is InChI=1S/C16H19N3O3/c20-16(21)7-4-12-22-18-15(14-5-2-1-3-6-14)8-10-19-11-9-17-13-19/h1-3,5-6,9,11,13H,4,7-8,10,12H2,(H,20,21). The van der Waals surface area contributed by atoms with E-state index in [9.17, 15) is 4.79 Å². The second kappa shape index (κ2) is 8.61. The van der Waals surface area contributed by atoms with Gasteiger partial charge in [0.1, 0.15) is 6.61 Å². The third-order valence-electron chi connectivity index (χ3n) is 3.07. The van der Waals surface area contributed by atoms with Crippen molar-refractivity contribution in [2.24, 2.45) is 5.16 Å². The van der Waals surface area contributed by atoms with Gasteiger partial charge in [0.2, 0.25) is 0 Å². The molecule has 0 unspecified atom stereocenters. The number of hydrogen-bond donors (Lipinski definition) is 1. The molecule has 22 heavy (non-hydrogen) atoms. The molecule has 0 amide bonds. The van der Waals surface area contributed by atoms with Crippen molar-refractivity contribution in [1.82, 2.24) is 9.55 Å². The van der Waals surface area contributed by atoms with Gasteiger partial charge in [-0.2, -0.15) is 0 Å². The summed E-state index contributed by atoms with van der Waals surface area (Å²) in [6.07, 6.45) is 6.64. The Kier molecular flexibility index (Phi) is 6.17. The predicted molar refractivity (Wildman–Crippen MR) is 82.6 cm³/mol. The van der Waals surface area contributed by atoms with Crippen molar-refractivity contribution < 1.29 is 14.7 Å². The SMILES string of the molecule is O=C(O)CCCON=C(CCn1ccnc1)c1ccccc1. The van der Waals surface area contributed by atoms with Crippen molar-refractivity contribution in [3.8, 4) is 0 Å². The first kappa shape index (κ1) is 15.8. The molecular weight excluding hydrogens is 282 g/mol. The van der Waals surface area contributed by atoms with Crippen LogP contribution in [0.3, 0.4) is 0 Å². The third-order valence-corrected chi connectivity index (χ3v) is 3.07. The maximum atomic E-state index is 10.5. The Morgan fingerprint density at radius 1 is 1.27 bits per heavy atom. The number of carboxylic acids is 1. The quantitative estimate of drug-likeness (QED) is 0.439. The number of aryl methyl sites for hydroxylation is 1. The second-order valence-corrected chi connectivity index (χ2v) is 4.79. The van der Waals surface area contributed by atoms with E-state index in [0.29, 0.717) is 19.4 Å². The van der Waals surface area contributed by atoms with Crippen LogP contribution >= 0.6 is 0 Å². The lowest BCUT2D eigenvalue weighted by molar-refractivity contribution is -0.137. The van der Waals surface area contributed by atoms with Crippen LogP contribution in [0.4, 0.5) is 0 Å². The Bertz CT molecular complexity index is 594. The van der Waals surface area contributed by atoms with Crippen molar-refractivity contribution in [3.05, 3.63) is 54.6 Å². The average molecular weight is 301 g/mol. The second-order valence-electron chi connectivity index (χ2n) is 4.79. The van der Waals surface area contributed by atoms with E-state index in [0.717, 1.165) is 17.8 Å². The fourth-order valence-electron chi connectivity index (χ4n) is 1.94. The highest BCUT2D eigenvalue weighted by Crippen LogP contribution is 2.07. The highest BCUT2D eigenvalue weighted by Gasteiger charge is 2.05. The van der Waals surface area contributed by atoms with Gasteiger partial charge in [0, 0.05) is 31.8 Å². The van der Waals surface area contributed by atoms with Crippen molar-refractivity contribution in [2.45, 2.75) is 25.8 Å². The summed E-state index contributed by atoms with van der Waals surface area (Å²) < 4.78 is 1.98. The summed E-state index contributed by atoms with van der Waals surface area (Å²) >= 11 is 0. The van der Waals surface area contributed by atoms with Crippen molar-refractivity contribution in [2.75, 3.05) is 6.61 Å². The molecule has 0 bridgehead atoms. The highest BCUT2D eigenvalue weighted by atomic mass is 16.6. The summed E-state index contributed by atoms with van der Waals surface area (Å²) in [5.41, 5.74) is 1.84. The van der Waals surface area contributed by atoms with E-state index in [1.54, 1.807) is 12.5 Å². The minimum absolute atomic E-state index is 0.0885. The van der Waals surface area contributed by atoms with Crippen LogP contribution in [0.2, 0.25) is 0 Å². The lowest BCUT2D eigenvalue weighted by atomic mass is 10.1. The topological polar surface area (TPSA) is 76.7 Å². The van der Waals surface area contributed by atoms with Crippen LogP contribution < -0.4 is 0 Å². The lowest BCUT2D eigenvalue weighted by Gasteiger charge is -2.07. The van der Waals surface area contributed by atoms with E-state index >= 15 is 0 Å². The van der Waals surface area contributed by atoms with Gasteiger partial charge in [0.15, 0.2) is 0 Å². The molecular formula is C16H19N3O3. The van der Waals surface area contributed by atoms with Crippen LogP contribution in [-0.4, -0.2) is 32.9 Å². The first-order valence-electron chi connectivity index (χ1n) is 7.17. The number of hydrogen-bond acceptors (Lipinski definition) is 4. The molecule has 0 aliphatic carbocycles. The molecule has 1 N–H and O–H groups in total. The third kappa shape index (κ3) is 5.40. The van der Waals surface area contributed by atoms with Crippen molar-refractivity contribution >= 4 is 11.7 Å². The normalized spacial score (nSPS) is 11.4. The zero-order valence-corrected chi connectivity index (χ0v) is 12.3. The average Bonchev–Trinajstić information content (AvgIpc) is 3.04. The molecule has 1 aromatic heterocycles. The molecule has 0 saturated heterocycles. The van der Waals surface area contributed by atoms with Crippen molar-refractivity contribution in [3.63, 3.8) is 0 Å². The smallest absolute Gasteiger partial charge is 0.303 e.